The fourth-order valence-electron chi connectivity index (χ4n) is 2.25. The molecule has 0 aliphatic heterocycles. The molecule has 0 unspecified atom stereocenters. The molecule has 0 radical (unpaired) electrons. The van der Waals surface area contributed by atoms with Crippen LogP contribution < -0.4 is 16.4 Å². The first kappa shape index (κ1) is 14.8. The summed E-state index contributed by atoms with van der Waals surface area (Å²) < 4.78 is 14.1. The van der Waals surface area contributed by atoms with Crippen molar-refractivity contribution < 1.29 is 9.18 Å². The molecule has 0 saturated heterocycles. The van der Waals surface area contributed by atoms with Crippen molar-refractivity contribution in [3.05, 3.63) is 58.9 Å². The van der Waals surface area contributed by atoms with Gasteiger partial charge in [0, 0.05) is 19.3 Å². The maximum Gasteiger partial charge on any atom is 0.250 e. The fraction of sp³-hybridized carbons (Fsp3) is 0.188. The van der Waals surface area contributed by atoms with E-state index >= 15 is 0 Å². The van der Waals surface area contributed by atoms with Crippen molar-refractivity contribution in [2.75, 3.05) is 17.7 Å². The van der Waals surface area contributed by atoms with Gasteiger partial charge in [0.2, 0.25) is 0 Å². The van der Waals surface area contributed by atoms with Gasteiger partial charge in [-0.15, -0.1) is 0 Å². The van der Waals surface area contributed by atoms with E-state index in [9.17, 15) is 9.18 Å². The molecule has 0 spiro atoms. The summed E-state index contributed by atoms with van der Waals surface area (Å²) in [5, 5.41) is 0. The molecule has 0 heterocycles. The molecule has 4 N–H and O–H groups in total. The Morgan fingerprint density at radius 3 is 2.62 bits per heavy atom. The van der Waals surface area contributed by atoms with Gasteiger partial charge >= 0.3 is 0 Å². The highest BCUT2D eigenvalue weighted by molar-refractivity contribution is 5.99. The summed E-state index contributed by atoms with van der Waals surface area (Å²) in [6, 6.07) is 10.5. The number of hydrogen-bond donors (Lipinski definition) is 2. The van der Waals surface area contributed by atoms with Crippen molar-refractivity contribution in [2.24, 2.45) is 5.73 Å². The molecule has 0 fully saturated rings. The lowest BCUT2D eigenvalue weighted by atomic mass is 10.1. The predicted octanol–water partition coefficient (Wildman–Crippen LogP) is 2.45. The van der Waals surface area contributed by atoms with Crippen LogP contribution in [0.2, 0.25) is 0 Å². The van der Waals surface area contributed by atoms with E-state index in [0.717, 1.165) is 17.2 Å². The Morgan fingerprint density at radius 1 is 1.29 bits per heavy atom. The Morgan fingerprint density at radius 2 is 2.00 bits per heavy atom. The highest BCUT2D eigenvalue weighted by Crippen LogP contribution is 2.25. The topological polar surface area (TPSA) is 72.3 Å². The first-order chi connectivity index (χ1) is 9.88. The molecule has 1 amide bonds. The first-order valence-electron chi connectivity index (χ1n) is 6.54. The van der Waals surface area contributed by atoms with Gasteiger partial charge in [-0.05, 0) is 24.6 Å². The normalized spacial score (nSPS) is 10.4. The molecule has 21 heavy (non-hydrogen) atoms. The third-order valence-corrected chi connectivity index (χ3v) is 3.30. The van der Waals surface area contributed by atoms with Gasteiger partial charge in [0.05, 0.1) is 11.3 Å². The van der Waals surface area contributed by atoms with Crippen LogP contribution in [0.15, 0.2) is 36.4 Å². The molecule has 0 aromatic heterocycles. The number of aryl methyl sites for hydroxylation is 1. The van der Waals surface area contributed by atoms with E-state index in [0.29, 0.717) is 12.2 Å². The summed E-state index contributed by atoms with van der Waals surface area (Å²) in [7, 11) is 1.75. The van der Waals surface area contributed by atoms with E-state index in [-0.39, 0.29) is 11.3 Å². The molecule has 0 atom stereocenters. The van der Waals surface area contributed by atoms with Crippen molar-refractivity contribution in [1.82, 2.24) is 0 Å². The summed E-state index contributed by atoms with van der Waals surface area (Å²) >= 11 is 0. The summed E-state index contributed by atoms with van der Waals surface area (Å²) in [5.74, 6) is -1.15. The zero-order valence-electron chi connectivity index (χ0n) is 12.1. The van der Waals surface area contributed by atoms with Crippen LogP contribution in [0.3, 0.4) is 0 Å². The number of benzene rings is 2. The number of nitrogens with two attached hydrogens (primary N) is 2. The average Bonchev–Trinajstić information content (AvgIpc) is 2.37. The molecule has 5 heteroatoms. The number of anilines is 2. The Balaban J connectivity index is 2.32. The molecule has 4 nitrogen and oxygen atoms in total. The largest absolute Gasteiger partial charge is 0.398 e. The third kappa shape index (κ3) is 3.31. The van der Waals surface area contributed by atoms with Crippen molar-refractivity contribution in [3.8, 4) is 0 Å². The quantitative estimate of drug-likeness (QED) is 0.848. The monoisotopic (exact) mass is 287 g/mol. The Hall–Kier alpha value is -2.56. The van der Waals surface area contributed by atoms with Crippen molar-refractivity contribution >= 4 is 17.3 Å². The van der Waals surface area contributed by atoms with Gasteiger partial charge in [-0.25, -0.2) is 4.39 Å². The van der Waals surface area contributed by atoms with Crippen molar-refractivity contribution in [2.45, 2.75) is 13.5 Å². The second-order valence-corrected chi connectivity index (χ2v) is 5.10. The number of halogens is 1. The van der Waals surface area contributed by atoms with Crippen LogP contribution >= 0.6 is 0 Å². The van der Waals surface area contributed by atoms with Gasteiger partial charge in [0.25, 0.3) is 5.91 Å². The SMILES string of the molecule is Cc1cccc(CN(C)c2cc(C(N)=O)c(N)cc2F)c1. The number of amides is 1. The lowest BCUT2D eigenvalue weighted by Gasteiger charge is -2.21. The zero-order chi connectivity index (χ0) is 15.6. The molecular formula is C16H18FN3O. The summed E-state index contributed by atoms with van der Waals surface area (Å²) in [6.45, 7) is 2.51. The van der Waals surface area contributed by atoms with E-state index in [1.54, 1.807) is 11.9 Å². The van der Waals surface area contributed by atoms with E-state index in [1.807, 2.05) is 31.2 Å². The predicted molar refractivity (Wildman–Crippen MR) is 82.6 cm³/mol. The molecule has 2 aromatic rings. The number of hydrogen-bond acceptors (Lipinski definition) is 3. The van der Waals surface area contributed by atoms with Crippen LogP contribution in [0.4, 0.5) is 15.8 Å². The smallest absolute Gasteiger partial charge is 0.250 e. The van der Waals surface area contributed by atoms with Gasteiger partial charge < -0.3 is 16.4 Å². The lowest BCUT2D eigenvalue weighted by molar-refractivity contribution is 0.100. The van der Waals surface area contributed by atoms with E-state index in [2.05, 4.69) is 0 Å². The zero-order valence-corrected chi connectivity index (χ0v) is 12.1. The van der Waals surface area contributed by atoms with Gasteiger partial charge in [0.1, 0.15) is 5.82 Å². The molecule has 0 aliphatic carbocycles. The van der Waals surface area contributed by atoms with Gasteiger partial charge in [-0.3, -0.25) is 4.79 Å². The standard InChI is InChI=1S/C16H18FN3O/c1-10-4-3-5-11(6-10)9-20(2)15-7-12(16(19)21)14(18)8-13(15)17/h3-8H,9,18H2,1-2H3,(H2,19,21). The summed E-state index contributed by atoms with van der Waals surface area (Å²) in [6.07, 6.45) is 0. The highest BCUT2D eigenvalue weighted by Gasteiger charge is 2.15. The van der Waals surface area contributed by atoms with Crippen LogP contribution in [-0.4, -0.2) is 13.0 Å². The third-order valence-electron chi connectivity index (χ3n) is 3.30. The van der Waals surface area contributed by atoms with Gasteiger partial charge in [-0.1, -0.05) is 29.8 Å². The van der Waals surface area contributed by atoms with E-state index < -0.39 is 11.7 Å². The van der Waals surface area contributed by atoms with Crippen LogP contribution in [-0.2, 0) is 6.54 Å². The molecule has 110 valence electrons. The Labute approximate surface area is 123 Å². The summed E-state index contributed by atoms with van der Waals surface area (Å²) in [4.78, 5) is 13.0. The minimum atomic E-state index is -0.669. The van der Waals surface area contributed by atoms with E-state index in [4.69, 9.17) is 11.5 Å². The molecule has 0 saturated carbocycles. The second-order valence-electron chi connectivity index (χ2n) is 5.10. The maximum atomic E-state index is 14.1. The number of carbonyl (C=O) groups excluding carboxylic acids is 1. The second kappa shape index (κ2) is 5.83. The number of carbonyl (C=O) groups is 1. The summed E-state index contributed by atoms with van der Waals surface area (Å²) in [5.41, 5.74) is 13.5. The maximum absolute atomic E-state index is 14.1. The number of nitrogens with zero attached hydrogens (tertiary/aromatic N) is 1. The van der Waals surface area contributed by atoms with Crippen molar-refractivity contribution in [1.29, 1.82) is 0 Å². The first-order valence-corrected chi connectivity index (χ1v) is 6.54. The molecule has 2 aromatic carbocycles. The Kier molecular flexibility index (Phi) is 4.12. The van der Waals surface area contributed by atoms with E-state index in [1.165, 1.54) is 6.07 Å². The highest BCUT2D eigenvalue weighted by atomic mass is 19.1. The number of primary amides is 1. The van der Waals surface area contributed by atoms with Crippen LogP contribution in [0.5, 0.6) is 0 Å². The molecule has 0 bridgehead atoms. The number of rotatable bonds is 4. The minimum Gasteiger partial charge on any atom is -0.398 e. The van der Waals surface area contributed by atoms with Crippen LogP contribution in [0.25, 0.3) is 0 Å². The Bertz CT molecular complexity index is 685. The fourth-order valence-corrected chi connectivity index (χ4v) is 2.25. The molecule has 0 aliphatic rings. The molecular weight excluding hydrogens is 269 g/mol. The average molecular weight is 287 g/mol. The number of nitrogen functional groups attached to an aromatic ring is 1. The van der Waals surface area contributed by atoms with Crippen LogP contribution in [0, 0.1) is 12.7 Å². The van der Waals surface area contributed by atoms with Gasteiger partial charge in [0.15, 0.2) is 0 Å². The van der Waals surface area contributed by atoms with Crippen LogP contribution in [0.1, 0.15) is 21.5 Å². The van der Waals surface area contributed by atoms with Crippen molar-refractivity contribution in [3.63, 3.8) is 0 Å². The lowest BCUT2D eigenvalue weighted by Crippen LogP contribution is -2.20. The minimum absolute atomic E-state index is 0.0488. The van der Waals surface area contributed by atoms with Gasteiger partial charge in [-0.2, -0.15) is 0 Å². The molecule has 2 rings (SSSR count).